The number of nitrogens with two attached hydrogens (primary N) is 2. The molecule has 0 bridgehead atoms. The Hall–Kier alpha value is -4.19. The SMILES string of the molecule is CCOc1ccc(-c2ccc(O)c3c2C[C@H]2C[C@H]4[C@H](N(C)C)C(O)=C(C(N)=O)C(=O)[C@@]4(O)C(O)=C2C3=O)cc1CN. The first-order valence-corrected chi connectivity index (χ1v) is 13.3. The minimum Gasteiger partial charge on any atom is -0.510 e. The second-order valence-corrected chi connectivity index (χ2v) is 10.9. The van der Waals surface area contributed by atoms with Crippen molar-refractivity contribution in [3.8, 4) is 22.6 Å². The number of aliphatic hydroxyl groups is 3. The van der Waals surface area contributed by atoms with Crippen molar-refractivity contribution in [2.75, 3.05) is 20.7 Å². The number of carbonyl (C=O) groups excluding carboxylic acids is 3. The van der Waals surface area contributed by atoms with Crippen LogP contribution in [-0.2, 0) is 22.6 Å². The van der Waals surface area contributed by atoms with Crippen molar-refractivity contribution in [3.05, 3.63) is 69.7 Å². The molecule has 0 unspecified atom stereocenters. The standard InChI is InChI=1S/C30H33N3O8/c1-4-41-20-8-5-13(9-15(20)12-31)16-6-7-19(34)22-17(16)10-14-11-18-24(33(2)3)26(36)23(29(32)39)28(38)30(18,40)27(37)21(14)25(22)35/h5-9,14,18,24,34,36-37,40H,4,10-12,31H2,1-3H3,(H2,32,39)/t14-,18-,24-,30-/m0/s1. The first-order valence-electron chi connectivity index (χ1n) is 13.3. The van der Waals surface area contributed by atoms with Gasteiger partial charge in [-0.3, -0.25) is 19.3 Å². The Morgan fingerprint density at radius 3 is 2.46 bits per heavy atom. The number of hydrogen-bond donors (Lipinski definition) is 6. The Bertz CT molecular complexity index is 1560. The molecule has 0 aromatic heterocycles. The van der Waals surface area contributed by atoms with Gasteiger partial charge in [0, 0.05) is 23.6 Å². The lowest BCUT2D eigenvalue weighted by atomic mass is 9.58. The summed E-state index contributed by atoms with van der Waals surface area (Å²) in [4.78, 5) is 41.0. The summed E-state index contributed by atoms with van der Waals surface area (Å²) in [5.41, 5.74) is 10.3. The monoisotopic (exact) mass is 563 g/mol. The number of hydrogen-bond acceptors (Lipinski definition) is 10. The molecule has 3 aliphatic carbocycles. The van der Waals surface area contributed by atoms with Crippen molar-refractivity contribution in [2.24, 2.45) is 23.3 Å². The molecule has 11 nitrogen and oxygen atoms in total. The summed E-state index contributed by atoms with van der Waals surface area (Å²) < 4.78 is 5.66. The van der Waals surface area contributed by atoms with Crippen molar-refractivity contribution in [2.45, 2.75) is 38.0 Å². The molecule has 11 heteroatoms. The molecule has 0 spiro atoms. The maximum absolute atomic E-state index is 13.9. The topological polar surface area (TPSA) is 197 Å². The van der Waals surface area contributed by atoms with Crippen LogP contribution in [0.2, 0.25) is 0 Å². The van der Waals surface area contributed by atoms with Gasteiger partial charge in [-0.25, -0.2) is 0 Å². The van der Waals surface area contributed by atoms with Crippen LogP contribution >= 0.6 is 0 Å². The average molecular weight is 564 g/mol. The van der Waals surface area contributed by atoms with Crippen LogP contribution in [0.25, 0.3) is 11.1 Å². The van der Waals surface area contributed by atoms with Gasteiger partial charge in [-0.05, 0) is 74.7 Å². The van der Waals surface area contributed by atoms with Gasteiger partial charge in [0.05, 0.1) is 18.2 Å². The number of phenolic OH excluding ortho intramolecular Hbond substituents is 1. The number of phenols is 1. The van der Waals surface area contributed by atoms with Crippen molar-refractivity contribution in [1.82, 2.24) is 4.90 Å². The zero-order valence-corrected chi connectivity index (χ0v) is 23.0. The second-order valence-electron chi connectivity index (χ2n) is 10.9. The summed E-state index contributed by atoms with van der Waals surface area (Å²) >= 11 is 0. The third kappa shape index (κ3) is 4.03. The van der Waals surface area contributed by atoms with Crippen LogP contribution in [0.4, 0.5) is 0 Å². The minimum absolute atomic E-state index is 0.0121. The molecule has 3 aliphatic rings. The normalized spacial score (nSPS) is 25.7. The number of ether oxygens (including phenoxy) is 1. The summed E-state index contributed by atoms with van der Waals surface area (Å²) in [5.74, 6) is -6.21. The molecule has 0 heterocycles. The van der Waals surface area contributed by atoms with Crippen LogP contribution in [0, 0.1) is 11.8 Å². The molecule has 0 radical (unpaired) electrons. The van der Waals surface area contributed by atoms with E-state index in [0.29, 0.717) is 23.5 Å². The number of fused-ring (bicyclic) bond motifs is 3. The first-order chi connectivity index (χ1) is 19.4. The lowest BCUT2D eigenvalue weighted by Gasteiger charge is -2.50. The van der Waals surface area contributed by atoms with Crippen LogP contribution in [0.3, 0.4) is 0 Å². The smallest absolute Gasteiger partial charge is 0.255 e. The highest BCUT2D eigenvalue weighted by atomic mass is 16.5. The maximum Gasteiger partial charge on any atom is 0.255 e. The molecule has 0 aliphatic heterocycles. The molecular weight excluding hydrogens is 530 g/mol. The number of ketones is 2. The second kappa shape index (κ2) is 10.0. The molecule has 2 aromatic rings. The largest absolute Gasteiger partial charge is 0.510 e. The van der Waals surface area contributed by atoms with Crippen molar-refractivity contribution in [1.29, 1.82) is 0 Å². The highest BCUT2D eigenvalue weighted by Crippen LogP contribution is 2.53. The fourth-order valence-electron chi connectivity index (χ4n) is 6.72. The lowest BCUT2D eigenvalue weighted by Crippen LogP contribution is -2.63. The number of benzene rings is 2. The predicted molar refractivity (Wildman–Crippen MR) is 148 cm³/mol. The Balaban J connectivity index is 1.69. The van der Waals surface area contributed by atoms with E-state index in [9.17, 15) is 34.8 Å². The highest BCUT2D eigenvalue weighted by Gasteiger charge is 2.63. The highest BCUT2D eigenvalue weighted by molar-refractivity contribution is 6.24. The third-order valence-electron chi connectivity index (χ3n) is 8.50. The number of amides is 1. The van der Waals surface area contributed by atoms with Gasteiger partial charge < -0.3 is 36.6 Å². The van der Waals surface area contributed by atoms with Gasteiger partial charge in [0.15, 0.2) is 11.4 Å². The summed E-state index contributed by atoms with van der Waals surface area (Å²) in [7, 11) is 3.18. The van der Waals surface area contributed by atoms with E-state index in [1.807, 2.05) is 19.1 Å². The van der Waals surface area contributed by atoms with Crippen LogP contribution in [0.1, 0.15) is 34.8 Å². The molecule has 4 atom stereocenters. The van der Waals surface area contributed by atoms with Crippen LogP contribution in [0.15, 0.2) is 53.0 Å². The molecule has 0 fully saturated rings. The Morgan fingerprint density at radius 2 is 1.85 bits per heavy atom. The number of aromatic hydroxyl groups is 1. The third-order valence-corrected chi connectivity index (χ3v) is 8.50. The summed E-state index contributed by atoms with van der Waals surface area (Å²) in [6, 6.07) is 7.51. The van der Waals surface area contributed by atoms with Gasteiger partial charge >= 0.3 is 0 Å². The number of Topliss-reactive ketones (excluding diaryl/α,β-unsaturated/α-hetero) is 2. The molecule has 0 saturated heterocycles. The summed E-state index contributed by atoms with van der Waals surface area (Å²) in [6.45, 7) is 2.55. The fraction of sp³-hybridized carbons (Fsp3) is 0.367. The van der Waals surface area contributed by atoms with Gasteiger partial charge in [0.1, 0.15) is 28.6 Å². The van der Waals surface area contributed by atoms with Gasteiger partial charge in [-0.1, -0.05) is 12.1 Å². The molecular formula is C30H33N3O8. The van der Waals surface area contributed by atoms with Crippen LogP contribution < -0.4 is 16.2 Å². The summed E-state index contributed by atoms with van der Waals surface area (Å²) in [6.07, 6.45) is 0.196. The fourth-order valence-corrected chi connectivity index (χ4v) is 6.72. The number of likely N-dealkylation sites (N-methyl/N-ethyl adjacent to an activating group) is 1. The van der Waals surface area contributed by atoms with Gasteiger partial charge in [-0.2, -0.15) is 0 Å². The molecule has 1 amide bonds. The Labute approximate surface area is 236 Å². The number of carbonyl (C=O) groups is 3. The van der Waals surface area contributed by atoms with Gasteiger partial charge in [-0.15, -0.1) is 0 Å². The van der Waals surface area contributed by atoms with Crippen molar-refractivity contribution < 1.29 is 39.5 Å². The average Bonchev–Trinajstić information content (AvgIpc) is 2.91. The van der Waals surface area contributed by atoms with Crippen molar-refractivity contribution >= 4 is 17.5 Å². The zero-order valence-electron chi connectivity index (χ0n) is 23.0. The molecule has 216 valence electrons. The van der Waals surface area contributed by atoms with Crippen molar-refractivity contribution in [3.63, 3.8) is 0 Å². The van der Waals surface area contributed by atoms with Gasteiger partial charge in [0.25, 0.3) is 5.91 Å². The molecule has 0 saturated carbocycles. The maximum atomic E-state index is 13.9. The molecule has 41 heavy (non-hydrogen) atoms. The van der Waals surface area contributed by atoms with Crippen LogP contribution in [-0.4, -0.2) is 75.1 Å². The van der Waals surface area contributed by atoms with E-state index in [-0.39, 0.29) is 36.3 Å². The van der Waals surface area contributed by atoms with E-state index in [4.69, 9.17) is 16.2 Å². The first kappa shape index (κ1) is 28.3. The van der Waals surface area contributed by atoms with E-state index in [2.05, 4.69) is 0 Å². The lowest BCUT2D eigenvalue weighted by molar-refractivity contribution is -0.148. The van der Waals surface area contributed by atoms with Gasteiger partial charge in [0.2, 0.25) is 5.78 Å². The van der Waals surface area contributed by atoms with Crippen LogP contribution in [0.5, 0.6) is 11.5 Å². The predicted octanol–water partition coefficient (Wildman–Crippen LogP) is 1.64. The van der Waals surface area contributed by atoms with E-state index >= 15 is 0 Å². The number of aliphatic hydroxyl groups excluding tert-OH is 2. The number of nitrogens with zero attached hydrogens (tertiary/aromatic N) is 1. The summed E-state index contributed by atoms with van der Waals surface area (Å²) in [5, 5.41) is 44.9. The van der Waals surface area contributed by atoms with E-state index < -0.39 is 58.0 Å². The van der Waals surface area contributed by atoms with E-state index in [0.717, 1.165) is 11.1 Å². The zero-order chi connectivity index (χ0) is 30.0. The minimum atomic E-state index is -2.68. The van der Waals surface area contributed by atoms with E-state index in [1.165, 1.54) is 11.0 Å². The Kier molecular flexibility index (Phi) is 6.93. The van der Waals surface area contributed by atoms with E-state index in [1.54, 1.807) is 26.2 Å². The number of allylic oxidation sites excluding steroid dienone is 1. The molecule has 5 rings (SSSR count). The molecule has 8 N–H and O–H groups in total. The Morgan fingerprint density at radius 1 is 1.15 bits per heavy atom. The number of primary amides is 1. The quantitative estimate of drug-likeness (QED) is 0.281. The number of rotatable bonds is 6. The molecule has 2 aromatic carbocycles.